The number of rotatable bonds is 50. The number of hydrogen-bond donors (Lipinski definition) is 3. The normalized spacial score (nSPS) is 18.8. The molecule has 0 aliphatic carbocycles. The van der Waals surface area contributed by atoms with Gasteiger partial charge in [0.1, 0.15) is 18.8 Å². The van der Waals surface area contributed by atoms with Crippen LogP contribution in [-0.2, 0) is 42.9 Å². The van der Waals surface area contributed by atoms with E-state index in [0.29, 0.717) is 25.7 Å². The van der Waals surface area contributed by atoms with E-state index in [1.54, 1.807) is 0 Å². The minimum atomic E-state index is -1.94. The summed E-state index contributed by atoms with van der Waals surface area (Å²) in [5.74, 6) is -3.31. The second-order valence-electron chi connectivity index (χ2n) is 20.2. The molecule has 81 heavy (non-hydrogen) atoms. The topological polar surface area (TPSA) is 175 Å². The Kier molecular flexibility index (Phi) is 50.1. The van der Waals surface area contributed by atoms with E-state index in [0.717, 1.165) is 122 Å². The minimum absolute atomic E-state index is 0.0780. The average molecular weight is 1130 g/mol. The molecule has 0 radical (unpaired) electrons. The summed E-state index contributed by atoms with van der Waals surface area (Å²) in [5.41, 5.74) is 0. The summed E-state index contributed by atoms with van der Waals surface area (Å²) < 4.78 is 28.3. The van der Waals surface area contributed by atoms with E-state index in [9.17, 15) is 34.5 Å². The number of unbranched alkanes of at least 4 members (excludes halogenated alkanes) is 12. The highest BCUT2D eigenvalue weighted by molar-refractivity contribution is 5.74. The van der Waals surface area contributed by atoms with Crippen LogP contribution in [0.25, 0.3) is 0 Å². The Hall–Kier alpha value is -5.40. The van der Waals surface area contributed by atoms with Gasteiger partial charge in [-0.3, -0.25) is 14.4 Å². The Balaban J connectivity index is 2.74. The molecule has 12 nitrogen and oxygen atoms in total. The molecule has 0 aromatic heterocycles. The molecular formula is C69H106O12. The standard InChI is InChI=1S/C69H106O12/c1-4-7-10-13-16-19-22-25-27-29-31-33-35-38-40-43-46-49-52-55-61(70)77-58-60(79-62(71)56-53-50-47-44-41-37-24-21-18-15-12-9-6-3)59-78-69-67(65(74)64(73)66(81-69)68(75)76)80-63(72)57-54-51-48-45-42-39-36-34-32-30-28-26-23-20-17-14-11-8-5-2/h8-9,11-12,16-21,25-28,31-34,37,39,41-42,48,51,60,64-67,69,73-74H,4-7,10,13-15,22-24,29-30,35-36,38,40,43-47,49-50,52-59H2,1-3H3,(H,75,76)/b11-8-,12-9-,19-16-,20-17-,21-18-,27-25-,28-26-,33-31-,34-32-,41-37-,42-39-,51-48-. The molecular weight excluding hydrogens is 1020 g/mol. The fourth-order valence-corrected chi connectivity index (χ4v) is 8.24. The van der Waals surface area contributed by atoms with E-state index in [1.165, 1.54) is 25.7 Å². The van der Waals surface area contributed by atoms with Crippen LogP contribution in [0.2, 0.25) is 0 Å². The maximum Gasteiger partial charge on any atom is 0.335 e. The van der Waals surface area contributed by atoms with Crippen molar-refractivity contribution in [1.29, 1.82) is 0 Å². The molecule has 0 aromatic rings. The van der Waals surface area contributed by atoms with Crippen molar-refractivity contribution in [3.8, 4) is 0 Å². The first-order valence-corrected chi connectivity index (χ1v) is 30.8. The molecule has 3 N–H and O–H groups in total. The van der Waals surface area contributed by atoms with Crippen LogP contribution in [0, 0.1) is 0 Å². The highest BCUT2D eigenvalue weighted by atomic mass is 16.7. The highest BCUT2D eigenvalue weighted by Gasteiger charge is 2.50. The van der Waals surface area contributed by atoms with Crippen molar-refractivity contribution in [2.24, 2.45) is 0 Å². The summed E-state index contributed by atoms with van der Waals surface area (Å²) >= 11 is 0. The molecule has 1 heterocycles. The van der Waals surface area contributed by atoms with Crippen LogP contribution in [0.4, 0.5) is 0 Å². The third kappa shape index (κ3) is 44.9. The number of ether oxygens (including phenoxy) is 5. The van der Waals surface area contributed by atoms with Crippen molar-refractivity contribution in [1.82, 2.24) is 0 Å². The van der Waals surface area contributed by atoms with Crippen molar-refractivity contribution in [2.75, 3.05) is 13.2 Å². The van der Waals surface area contributed by atoms with Crippen molar-refractivity contribution in [3.63, 3.8) is 0 Å². The molecule has 0 amide bonds. The largest absolute Gasteiger partial charge is 0.479 e. The van der Waals surface area contributed by atoms with Crippen LogP contribution in [-0.4, -0.2) is 89.2 Å². The molecule has 0 spiro atoms. The van der Waals surface area contributed by atoms with E-state index >= 15 is 0 Å². The summed E-state index contributed by atoms with van der Waals surface area (Å²) in [5, 5.41) is 31.5. The lowest BCUT2D eigenvalue weighted by atomic mass is 9.98. The third-order valence-electron chi connectivity index (χ3n) is 12.9. The number of esters is 3. The first-order valence-electron chi connectivity index (χ1n) is 30.8. The maximum absolute atomic E-state index is 13.1. The van der Waals surface area contributed by atoms with Crippen molar-refractivity contribution in [3.05, 3.63) is 146 Å². The highest BCUT2D eigenvalue weighted by Crippen LogP contribution is 2.26. The second kappa shape index (κ2) is 55.2. The fourth-order valence-electron chi connectivity index (χ4n) is 8.24. The van der Waals surface area contributed by atoms with Gasteiger partial charge in [-0.2, -0.15) is 0 Å². The Morgan fingerprint density at radius 3 is 1.25 bits per heavy atom. The summed E-state index contributed by atoms with van der Waals surface area (Å²) in [6.07, 6.45) is 66.8. The lowest BCUT2D eigenvalue weighted by Crippen LogP contribution is -2.61. The molecule has 1 aliphatic heterocycles. The predicted molar refractivity (Wildman–Crippen MR) is 330 cm³/mol. The number of carboxylic acid groups (broad SMARTS) is 1. The van der Waals surface area contributed by atoms with Gasteiger partial charge in [-0.15, -0.1) is 0 Å². The first-order chi connectivity index (χ1) is 39.6. The number of aliphatic hydroxyl groups is 2. The zero-order valence-corrected chi connectivity index (χ0v) is 50.0. The van der Waals surface area contributed by atoms with Gasteiger partial charge in [-0.25, -0.2) is 4.79 Å². The lowest BCUT2D eigenvalue weighted by molar-refractivity contribution is -0.301. The molecule has 454 valence electrons. The number of carboxylic acids is 1. The smallest absolute Gasteiger partial charge is 0.335 e. The Labute approximate surface area is 489 Å². The molecule has 6 unspecified atom stereocenters. The van der Waals surface area contributed by atoms with Gasteiger partial charge < -0.3 is 39.0 Å². The quantitative estimate of drug-likeness (QED) is 0.0228. The predicted octanol–water partition coefficient (Wildman–Crippen LogP) is 16.3. The van der Waals surface area contributed by atoms with Gasteiger partial charge in [0.25, 0.3) is 0 Å². The molecule has 0 saturated carbocycles. The van der Waals surface area contributed by atoms with Gasteiger partial charge >= 0.3 is 23.9 Å². The van der Waals surface area contributed by atoms with Crippen LogP contribution in [0.3, 0.4) is 0 Å². The number of allylic oxidation sites excluding steroid dienone is 24. The van der Waals surface area contributed by atoms with E-state index in [-0.39, 0.29) is 25.9 Å². The Morgan fingerprint density at radius 1 is 0.420 bits per heavy atom. The Bertz CT molecular complexity index is 1960. The van der Waals surface area contributed by atoms with Crippen LogP contribution in [0.5, 0.6) is 0 Å². The molecule has 0 aromatic carbocycles. The summed E-state index contributed by atoms with van der Waals surface area (Å²) in [4.78, 5) is 51.2. The van der Waals surface area contributed by atoms with Crippen molar-refractivity contribution >= 4 is 23.9 Å². The van der Waals surface area contributed by atoms with E-state index in [4.69, 9.17) is 23.7 Å². The molecule has 6 atom stereocenters. The monoisotopic (exact) mass is 1130 g/mol. The fraction of sp³-hybridized carbons (Fsp3) is 0.594. The van der Waals surface area contributed by atoms with Gasteiger partial charge in [0.2, 0.25) is 0 Å². The summed E-state index contributed by atoms with van der Waals surface area (Å²) in [6.45, 7) is 5.66. The van der Waals surface area contributed by atoms with Gasteiger partial charge in [-0.1, -0.05) is 212 Å². The summed E-state index contributed by atoms with van der Waals surface area (Å²) in [7, 11) is 0. The zero-order chi connectivity index (χ0) is 58.9. The van der Waals surface area contributed by atoms with Gasteiger partial charge in [-0.05, 0) is 128 Å². The van der Waals surface area contributed by atoms with E-state index in [1.807, 2.05) is 18.2 Å². The molecule has 1 saturated heterocycles. The minimum Gasteiger partial charge on any atom is -0.479 e. The van der Waals surface area contributed by atoms with Crippen LogP contribution in [0.1, 0.15) is 213 Å². The zero-order valence-electron chi connectivity index (χ0n) is 50.0. The lowest BCUT2D eigenvalue weighted by Gasteiger charge is -2.40. The Morgan fingerprint density at radius 2 is 0.802 bits per heavy atom. The third-order valence-corrected chi connectivity index (χ3v) is 12.9. The molecule has 12 heteroatoms. The number of carbonyl (C=O) groups is 4. The molecule has 1 fully saturated rings. The van der Waals surface area contributed by atoms with E-state index in [2.05, 4.69) is 148 Å². The summed E-state index contributed by atoms with van der Waals surface area (Å²) in [6, 6.07) is 0. The SMILES string of the molecule is CC/C=C\C/C=C\C/C=C\C/C=C\C/C=C\C/C=C\CCC(=O)OC1C(OCC(COC(=O)CCCCCCCC/C=C\C/C=C\C/C=C\CCCCC)OC(=O)CCCCC/C=C\C/C=C\C/C=C\CC)OC(C(=O)O)C(O)C1O. The van der Waals surface area contributed by atoms with E-state index < -0.39 is 67.3 Å². The van der Waals surface area contributed by atoms with Gasteiger partial charge in [0, 0.05) is 19.3 Å². The second-order valence-corrected chi connectivity index (χ2v) is 20.2. The van der Waals surface area contributed by atoms with Crippen molar-refractivity contribution in [2.45, 2.75) is 250 Å². The molecule has 1 rings (SSSR count). The first kappa shape index (κ1) is 73.6. The van der Waals surface area contributed by atoms with Crippen molar-refractivity contribution < 1.29 is 58.2 Å². The number of hydrogen-bond acceptors (Lipinski definition) is 11. The van der Waals surface area contributed by atoms with Crippen LogP contribution >= 0.6 is 0 Å². The number of aliphatic carboxylic acids is 1. The van der Waals surface area contributed by atoms with Crippen LogP contribution < -0.4 is 0 Å². The van der Waals surface area contributed by atoms with Crippen LogP contribution in [0.15, 0.2) is 146 Å². The van der Waals surface area contributed by atoms with Gasteiger partial charge in [0.15, 0.2) is 24.6 Å². The number of aliphatic hydroxyl groups excluding tert-OH is 2. The molecule has 0 bridgehead atoms. The molecule has 1 aliphatic rings. The maximum atomic E-state index is 13.1. The van der Waals surface area contributed by atoms with Gasteiger partial charge in [0.05, 0.1) is 6.61 Å². The number of carbonyl (C=O) groups excluding carboxylic acids is 3. The average Bonchev–Trinajstić information content (AvgIpc) is 3.54.